The van der Waals surface area contributed by atoms with Crippen LogP contribution in [0.2, 0.25) is 0 Å². The lowest BCUT2D eigenvalue weighted by Gasteiger charge is -2.38. The fourth-order valence-electron chi connectivity index (χ4n) is 2.63. The van der Waals surface area contributed by atoms with Crippen molar-refractivity contribution in [2.45, 2.75) is 33.2 Å². The highest BCUT2D eigenvalue weighted by Gasteiger charge is 2.28. The summed E-state index contributed by atoms with van der Waals surface area (Å²) in [6.07, 6.45) is 2.44. The first-order valence-corrected chi connectivity index (χ1v) is 7.93. The molecule has 1 aromatic rings. The molecule has 1 aliphatic rings. The highest BCUT2D eigenvalue weighted by Crippen LogP contribution is 2.29. The van der Waals surface area contributed by atoms with Crippen LogP contribution in [-0.2, 0) is 6.54 Å². The predicted octanol–water partition coefficient (Wildman–Crippen LogP) is 2.58. The smallest absolute Gasteiger partial charge is 0.345 e. The minimum Gasteiger partial charge on any atom is -0.477 e. The molecule has 0 aromatic carbocycles. The zero-order valence-corrected chi connectivity index (χ0v) is 13.3. The molecule has 0 spiro atoms. The number of hydrogen-bond donors (Lipinski definition) is 2. The van der Waals surface area contributed by atoms with E-state index in [1.54, 1.807) is 6.07 Å². The summed E-state index contributed by atoms with van der Waals surface area (Å²) in [5.74, 6) is -0.827. The Morgan fingerprint density at radius 1 is 1.50 bits per heavy atom. The highest BCUT2D eigenvalue weighted by molar-refractivity contribution is 7.14. The van der Waals surface area contributed by atoms with Gasteiger partial charge in [-0.3, -0.25) is 0 Å². The number of nitrogens with one attached hydrogen (secondary N) is 1. The molecular formula is C15H24N2O2S. The molecule has 20 heavy (non-hydrogen) atoms. The van der Waals surface area contributed by atoms with Crippen molar-refractivity contribution >= 4 is 17.3 Å². The largest absolute Gasteiger partial charge is 0.477 e. The monoisotopic (exact) mass is 296 g/mol. The Bertz CT molecular complexity index is 476. The van der Waals surface area contributed by atoms with Crippen LogP contribution < -0.4 is 5.32 Å². The molecule has 0 saturated carbocycles. The van der Waals surface area contributed by atoms with Crippen LogP contribution in [0.4, 0.5) is 0 Å². The molecular weight excluding hydrogens is 272 g/mol. The summed E-state index contributed by atoms with van der Waals surface area (Å²) in [5.41, 5.74) is 1.48. The zero-order valence-electron chi connectivity index (χ0n) is 12.5. The number of carboxylic acids is 1. The number of likely N-dealkylation sites (tertiary alicyclic amines) is 1. The molecule has 1 aliphatic heterocycles. The lowest BCUT2D eigenvalue weighted by atomic mass is 9.80. The lowest BCUT2D eigenvalue weighted by Crippen LogP contribution is -2.41. The lowest BCUT2D eigenvalue weighted by molar-refractivity contribution is 0.0702. The Balaban J connectivity index is 1.85. The van der Waals surface area contributed by atoms with Crippen molar-refractivity contribution in [1.29, 1.82) is 0 Å². The maximum absolute atomic E-state index is 11.0. The second kappa shape index (κ2) is 6.24. The third kappa shape index (κ3) is 3.81. The molecule has 0 radical (unpaired) electrons. The number of rotatable bonds is 5. The van der Waals surface area contributed by atoms with Crippen LogP contribution in [0.1, 0.15) is 39.9 Å². The molecule has 2 heterocycles. The van der Waals surface area contributed by atoms with Crippen LogP contribution in [-0.4, -0.2) is 42.7 Å². The van der Waals surface area contributed by atoms with Gasteiger partial charge in [-0.25, -0.2) is 4.79 Å². The fourth-order valence-corrected chi connectivity index (χ4v) is 3.52. The van der Waals surface area contributed by atoms with Crippen LogP contribution in [0, 0.1) is 12.3 Å². The second-order valence-corrected chi connectivity index (χ2v) is 7.47. The predicted molar refractivity (Wildman–Crippen MR) is 82.6 cm³/mol. The van der Waals surface area contributed by atoms with Gasteiger partial charge in [-0.1, -0.05) is 6.92 Å². The summed E-state index contributed by atoms with van der Waals surface area (Å²) >= 11 is 1.36. The van der Waals surface area contributed by atoms with Crippen LogP contribution in [0.3, 0.4) is 0 Å². The molecule has 0 amide bonds. The van der Waals surface area contributed by atoms with Crippen LogP contribution >= 0.6 is 11.3 Å². The molecule has 0 bridgehead atoms. The maximum atomic E-state index is 11.0. The van der Waals surface area contributed by atoms with Crippen molar-refractivity contribution in [1.82, 2.24) is 10.2 Å². The Morgan fingerprint density at radius 3 is 2.70 bits per heavy atom. The number of nitrogens with zero attached hydrogens (tertiary/aromatic N) is 1. The van der Waals surface area contributed by atoms with E-state index in [1.807, 2.05) is 6.92 Å². The van der Waals surface area contributed by atoms with Gasteiger partial charge in [-0.05, 0) is 56.9 Å². The molecule has 5 heteroatoms. The highest BCUT2D eigenvalue weighted by atomic mass is 32.1. The topological polar surface area (TPSA) is 52.6 Å². The van der Waals surface area contributed by atoms with Gasteiger partial charge < -0.3 is 15.3 Å². The van der Waals surface area contributed by atoms with Crippen LogP contribution in [0.5, 0.6) is 0 Å². The third-order valence-corrected chi connectivity index (χ3v) is 5.37. The van der Waals surface area contributed by atoms with Gasteiger partial charge in [0.2, 0.25) is 0 Å². The van der Waals surface area contributed by atoms with Gasteiger partial charge in [-0.2, -0.15) is 0 Å². The van der Waals surface area contributed by atoms with E-state index >= 15 is 0 Å². The summed E-state index contributed by atoms with van der Waals surface area (Å²) in [5, 5.41) is 12.5. The standard InChI is InChI=1S/C15H24N2O2S/c1-11-12(8-13(20-11)14(18)19)9-16-10-15(2)4-6-17(3)7-5-15/h8,16H,4-7,9-10H2,1-3H3,(H,18,19). The van der Waals surface area contributed by atoms with Crippen molar-refractivity contribution in [2.24, 2.45) is 5.41 Å². The maximum Gasteiger partial charge on any atom is 0.345 e. The van der Waals surface area contributed by atoms with Crippen molar-refractivity contribution < 1.29 is 9.90 Å². The van der Waals surface area contributed by atoms with Crippen molar-refractivity contribution in [3.05, 3.63) is 21.4 Å². The normalized spacial score (nSPS) is 19.1. The molecule has 0 unspecified atom stereocenters. The zero-order chi connectivity index (χ0) is 14.8. The molecule has 2 N–H and O–H groups in total. The number of carboxylic acid groups (broad SMARTS) is 1. The van der Waals surface area contributed by atoms with E-state index in [9.17, 15) is 4.79 Å². The Kier molecular flexibility index (Phi) is 4.83. The minimum absolute atomic E-state index is 0.367. The van der Waals surface area contributed by atoms with E-state index in [0.717, 1.165) is 23.5 Å². The molecule has 1 fully saturated rings. The van der Waals surface area contributed by atoms with E-state index in [4.69, 9.17) is 5.11 Å². The van der Waals surface area contributed by atoms with Crippen molar-refractivity contribution in [3.63, 3.8) is 0 Å². The summed E-state index contributed by atoms with van der Waals surface area (Å²) in [7, 11) is 2.18. The first kappa shape index (κ1) is 15.5. The molecule has 1 aromatic heterocycles. The number of piperidine rings is 1. The van der Waals surface area contributed by atoms with Gasteiger partial charge in [0.05, 0.1) is 0 Å². The van der Waals surface area contributed by atoms with Gasteiger partial charge in [-0.15, -0.1) is 11.3 Å². The van der Waals surface area contributed by atoms with Crippen LogP contribution in [0.25, 0.3) is 0 Å². The Morgan fingerprint density at radius 2 is 2.15 bits per heavy atom. The Labute approximate surface area is 124 Å². The van der Waals surface area contributed by atoms with Gasteiger partial charge >= 0.3 is 5.97 Å². The van der Waals surface area contributed by atoms with Crippen LogP contribution in [0.15, 0.2) is 6.07 Å². The van der Waals surface area contributed by atoms with Gasteiger partial charge in [0.15, 0.2) is 0 Å². The summed E-state index contributed by atoms with van der Waals surface area (Å²) in [4.78, 5) is 14.9. The van der Waals surface area contributed by atoms with E-state index in [1.165, 1.54) is 37.3 Å². The fraction of sp³-hybridized carbons (Fsp3) is 0.667. The van der Waals surface area contributed by atoms with Gasteiger partial charge in [0, 0.05) is 18.0 Å². The number of aryl methyl sites for hydroxylation is 1. The summed E-state index contributed by atoms with van der Waals surface area (Å²) < 4.78 is 0. The van der Waals surface area contributed by atoms with Crippen molar-refractivity contribution in [2.75, 3.05) is 26.7 Å². The first-order valence-electron chi connectivity index (χ1n) is 7.11. The second-order valence-electron chi connectivity index (χ2n) is 6.21. The minimum atomic E-state index is -0.827. The average molecular weight is 296 g/mol. The third-order valence-electron chi connectivity index (χ3n) is 4.29. The molecule has 112 valence electrons. The Hall–Kier alpha value is -0.910. The molecule has 0 atom stereocenters. The van der Waals surface area contributed by atoms with Gasteiger partial charge in [0.1, 0.15) is 4.88 Å². The SMILES string of the molecule is Cc1sc(C(=O)O)cc1CNCC1(C)CCN(C)CC1. The molecule has 2 rings (SSSR count). The first-order chi connectivity index (χ1) is 9.39. The number of thiophene rings is 1. The summed E-state index contributed by atoms with van der Waals surface area (Å²) in [6, 6.07) is 1.80. The number of hydrogen-bond acceptors (Lipinski definition) is 4. The number of aromatic carboxylic acids is 1. The van der Waals surface area contributed by atoms with E-state index in [-0.39, 0.29) is 0 Å². The number of carbonyl (C=O) groups is 1. The van der Waals surface area contributed by atoms with Gasteiger partial charge in [0.25, 0.3) is 0 Å². The van der Waals surface area contributed by atoms with Crippen molar-refractivity contribution in [3.8, 4) is 0 Å². The summed E-state index contributed by atoms with van der Waals surface area (Å²) in [6.45, 7) is 8.43. The molecule has 4 nitrogen and oxygen atoms in total. The molecule has 1 saturated heterocycles. The average Bonchev–Trinajstić information content (AvgIpc) is 2.76. The van der Waals surface area contributed by atoms with E-state index in [0.29, 0.717) is 10.3 Å². The van der Waals surface area contributed by atoms with E-state index in [2.05, 4.69) is 24.2 Å². The quantitative estimate of drug-likeness (QED) is 0.877. The van der Waals surface area contributed by atoms with E-state index < -0.39 is 5.97 Å². The molecule has 0 aliphatic carbocycles.